The monoisotopic (exact) mass is 374 g/mol. The van der Waals surface area contributed by atoms with E-state index in [9.17, 15) is 9.90 Å². The van der Waals surface area contributed by atoms with Crippen molar-refractivity contribution in [3.8, 4) is 0 Å². The third-order valence-electron chi connectivity index (χ3n) is 5.63. The minimum Gasteiger partial charge on any atom is -0.390 e. The number of aliphatic hydroxyl groups is 1. The minimum atomic E-state index is -0.617. The lowest BCUT2D eigenvalue weighted by Gasteiger charge is -2.36. The molecule has 0 aromatic heterocycles. The van der Waals surface area contributed by atoms with E-state index in [0.717, 1.165) is 58.4 Å². The number of hydrogen-bond donors (Lipinski definition) is 1. The summed E-state index contributed by atoms with van der Waals surface area (Å²) >= 11 is 0. The molecule has 1 aromatic carbocycles. The zero-order valence-electron chi connectivity index (χ0n) is 16.8. The lowest BCUT2D eigenvalue weighted by Crippen LogP contribution is -2.48. The van der Waals surface area contributed by atoms with Gasteiger partial charge in [0.25, 0.3) is 0 Å². The summed E-state index contributed by atoms with van der Waals surface area (Å²) in [5, 5.41) is 9.87. The van der Waals surface area contributed by atoms with Gasteiger partial charge in [-0.2, -0.15) is 0 Å². The summed E-state index contributed by atoms with van der Waals surface area (Å²) in [6.45, 7) is 9.34. The first-order chi connectivity index (χ1) is 12.9. The number of morpholine rings is 1. The molecule has 1 amide bonds. The molecule has 5 heteroatoms. The van der Waals surface area contributed by atoms with E-state index < -0.39 is 5.60 Å². The van der Waals surface area contributed by atoms with Gasteiger partial charge < -0.3 is 14.7 Å². The van der Waals surface area contributed by atoms with E-state index in [1.807, 2.05) is 18.7 Å². The van der Waals surface area contributed by atoms with Crippen molar-refractivity contribution in [1.29, 1.82) is 0 Å². The fourth-order valence-electron chi connectivity index (χ4n) is 3.96. The summed E-state index contributed by atoms with van der Waals surface area (Å²) in [6.07, 6.45) is 3.75. The molecule has 2 aliphatic rings. The Labute approximate surface area is 163 Å². The lowest BCUT2D eigenvalue weighted by molar-refractivity contribution is -0.141. The Kier molecular flexibility index (Phi) is 6.90. The molecule has 0 saturated carbocycles. The zero-order valence-corrected chi connectivity index (χ0v) is 16.8. The highest BCUT2D eigenvalue weighted by molar-refractivity contribution is 5.79. The van der Waals surface area contributed by atoms with Crippen LogP contribution in [0.25, 0.3) is 0 Å². The van der Waals surface area contributed by atoms with Crippen molar-refractivity contribution in [2.45, 2.75) is 51.7 Å². The number of nitrogens with zero attached hydrogens (tertiary/aromatic N) is 2. The van der Waals surface area contributed by atoms with Crippen molar-refractivity contribution in [3.63, 3.8) is 0 Å². The predicted molar refractivity (Wildman–Crippen MR) is 106 cm³/mol. The first kappa shape index (κ1) is 20.3. The van der Waals surface area contributed by atoms with Crippen molar-refractivity contribution >= 4 is 5.91 Å². The number of piperidine rings is 1. The van der Waals surface area contributed by atoms with Crippen LogP contribution in [0.2, 0.25) is 0 Å². The smallest absolute Gasteiger partial charge is 0.227 e. The molecule has 0 bridgehead atoms. The SMILES string of the molecule is CC(C)(O)CCc1ccc(CN2CCC[C@H](C(=O)N3CCOCC3)C2)cc1. The molecule has 2 heterocycles. The van der Waals surface area contributed by atoms with E-state index >= 15 is 0 Å². The molecule has 1 aromatic rings. The Morgan fingerprint density at radius 2 is 1.81 bits per heavy atom. The molecule has 0 unspecified atom stereocenters. The largest absolute Gasteiger partial charge is 0.390 e. The maximum absolute atomic E-state index is 12.8. The van der Waals surface area contributed by atoms with Crippen LogP contribution in [0.5, 0.6) is 0 Å². The van der Waals surface area contributed by atoms with E-state index in [1.54, 1.807) is 0 Å². The van der Waals surface area contributed by atoms with Crippen LogP contribution in [0.4, 0.5) is 0 Å². The first-order valence-electron chi connectivity index (χ1n) is 10.3. The average molecular weight is 375 g/mol. The van der Waals surface area contributed by atoms with Crippen LogP contribution in [0.3, 0.4) is 0 Å². The fraction of sp³-hybridized carbons (Fsp3) is 0.682. The molecule has 5 nitrogen and oxygen atoms in total. The molecule has 0 aliphatic carbocycles. The molecule has 2 aliphatic heterocycles. The second-order valence-corrected chi connectivity index (χ2v) is 8.64. The quantitative estimate of drug-likeness (QED) is 0.831. The highest BCUT2D eigenvalue weighted by Crippen LogP contribution is 2.22. The van der Waals surface area contributed by atoms with E-state index in [1.165, 1.54) is 11.1 Å². The Morgan fingerprint density at radius 1 is 1.15 bits per heavy atom. The number of ether oxygens (including phenoxy) is 1. The highest BCUT2D eigenvalue weighted by atomic mass is 16.5. The number of carbonyl (C=O) groups excluding carboxylic acids is 1. The van der Waals surface area contributed by atoms with Gasteiger partial charge in [0.1, 0.15) is 0 Å². The summed E-state index contributed by atoms with van der Waals surface area (Å²) in [6, 6.07) is 8.71. The van der Waals surface area contributed by atoms with Gasteiger partial charge in [0, 0.05) is 26.2 Å². The Balaban J connectivity index is 1.50. The number of amides is 1. The van der Waals surface area contributed by atoms with Gasteiger partial charge in [0.15, 0.2) is 0 Å². The van der Waals surface area contributed by atoms with E-state index in [-0.39, 0.29) is 5.92 Å². The Morgan fingerprint density at radius 3 is 2.48 bits per heavy atom. The van der Waals surface area contributed by atoms with E-state index in [0.29, 0.717) is 19.1 Å². The fourth-order valence-corrected chi connectivity index (χ4v) is 3.96. The van der Waals surface area contributed by atoms with Crippen molar-refractivity contribution < 1.29 is 14.6 Å². The number of carbonyl (C=O) groups is 1. The van der Waals surface area contributed by atoms with Crippen molar-refractivity contribution in [2.75, 3.05) is 39.4 Å². The highest BCUT2D eigenvalue weighted by Gasteiger charge is 2.30. The third kappa shape index (κ3) is 6.30. The van der Waals surface area contributed by atoms with Gasteiger partial charge >= 0.3 is 0 Å². The van der Waals surface area contributed by atoms with Crippen LogP contribution in [0, 0.1) is 5.92 Å². The molecule has 2 saturated heterocycles. The van der Waals surface area contributed by atoms with Crippen molar-refractivity contribution in [1.82, 2.24) is 9.80 Å². The predicted octanol–water partition coefficient (Wildman–Crippen LogP) is 2.46. The summed E-state index contributed by atoms with van der Waals surface area (Å²) < 4.78 is 5.36. The molecule has 0 spiro atoms. The third-order valence-corrected chi connectivity index (χ3v) is 5.63. The van der Waals surface area contributed by atoms with Crippen molar-refractivity contribution in [3.05, 3.63) is 35.4 Å². The molecule has 1 N–H and O–H groups in total. The van der Waals surface area contributed by atoms with Crippen LogP contribution in [0.15, 0.2) is 24.3 Å². The second kappa shape index (κ2) is 9.18. The Hall–Kier alpha value is -1.43. The van der Waals surface area contributed by atoms with Gasteiger partial charge in [-0.25, -0.2) is 0 Å². The van der Waals surface area contributed by atoms with Gasteiger partial charge in [-0.1, -0.05) is 24.3 Å². The standard InChI is InChI=1S/C22H34N2O3/c1-22(2,26)10-9-18-5-7-19(8-6-18)16-23-11-3-4-20(17-23)21(25)24-12-14-27-15-13-24/h5-8,20,26H,3-4,9-17H2,1-2H3/t20-/m0/s1. The van der Waals surface area contributed by atoms with Crippen LogP contribution in [0.1, 0.15) is 44.2 Å². The number of aryl methyl sites for hydroxylation is 1. The first-order valence-corrected chi connectivity index (χ1v) is 10.3. The number of rotatable bonds is 6. The molecule has 1 atom stereocenters. The van der Waals surface area contributed by atoms with Crippen LogP contribution >= 0.6 is 0 Å². The second-order valence-electron chi connectivity index (χ2n) is 8.64. The Bertz CT molecular complexity index is 603. The lowest BCUT2D eigenvalue weighted by atomic mass is 9.95. The summed E-state index contributed by atoms with van der Waals surface area (Å²) in [4.78, 5) is 17.2. The van der Waals surface area contributed by atoms with Crippen molar-refractivity contribution in [2.24, 2.45) is 5.92 Å². The maximum Gasteiger partial charge on any atom is 0.227 e. The number of benzene rings is 1. The number of hydrogen-bond acceptors (Lipinski definition) is 4. The van der Waals surface area contributed by atoms with Gasteiger partial charge in [-0.3, -0.25) is 9.69 Å². The number of likely N-dealkylation sites (tertiary alicyclic amines) is 1. The van der Waals surface area contributed by atoms with E-state index in [4.69, 9.17) is 4.74 Å². The molecular formula is C22H34N2O3. The molecule has 2 fully saturated rings. The van der Waals surface area contributed by atoms with Crippen LogP contribution in [-0.4, -0.2) is 65.8 Å². The zero-order chi connectivity index (χ0) is 19.3. The summed E-state index contributed by atoms with van der Waals surface area (Å²) in [5.74, 6) is 0.438. The maximum atomic E-state index is 12.8. The topological polar surface area (TPSA) is 53.0 Å². The molecular weight excluding hydrogens is 340 g/mol. The van der Waals surface area contributed by atoms with Crippen LogP contribution in [-0.2, 0) is 22.5 Å². The van der Waals surface area contributed by atoms with Gasteiger partial charge in [0.05, 0.1) is 24.7 Å². The van der Waals surface area contributed by atoms with Crippen LogP contribution < -0.4 is 0 Å². The van der Waals surface area contributed by atoms with Gasteiger partial charge in [-0.05, 0) is 57.2 Å². The summed E-state index contributed by atoms with van der Waals surface area (Å²) in [7, 11) is 0. The molecule has 27 heavy (non-hydrogen) atoms. The van der Waals surface area contributed by atoms with E-state index in [2.05, 4.69) is 29.2 Å². The minimum absolute atomic E-state index is 0.128. The molecule has 0 radical (unpaired) electrons. The molecule has 3 rings (SSSR count). The molecule has 150 valence electrons. The average Bonchev–Trinajstić information content (AvgIpc) is 2.67. The van der Waals surface area contributed by atoms with Gasteiger partial charge in [0.2, 0.25) is 5.91 Å². The summed E-state index contributed by atoms with van der Waals surface area (Å²) in [5.41, 5.74) is 1.94. The van der Waals surface area contributed by atoms with Gasteiger partial charge in [-0.15, -0.1) is 0 Å². The normalized spacial score (nSPS) is 22.0.